The summed E-state index contributed by atoms with van der Waals surface area (Å²) in [7, 11) is 0. The van der Waals surface area contributed by atoms with Crippen molar-refractivity contribution in [2.75, 3.05) is 19.7 Å². The molecule has 0 bridgehead atoms. The molecule has 1 unspecified atom stereocenters. The Hall–Kier alpha value is -3.17. The van der Waals surface area contributed by atoms with Gasteiger partial charge in [-0.25, -0.2) is 18.7 Å². The maximum absolute atomic E-state index is 13.1. The fourth-order valence-corrected chi connectivity index (χ4v) is 3.65. The molecule has 1 aromatic heterocycles. The quantitative estimate of drug-likeness (QED) is 0.784. The van der Waals surface area contributed by atoms with E-state index < -0.39 is 6.09 Å². The van der Waals surface area contributed by atoms with Crippen LogP contribution in [0.5, 0.6) is 0 Å². The lowest BCUT2D eigenvalue weighted by Gasteiger charge is -2.18. The molecule has 0 radical (unpaired) electrons. The third kappa shape index (κ3) is 4.30. The second-order valence-corrected chi connectivity index (χ2v) is 7.26. The first-order valence-corrected chi connectivity index (χ1v) is 9.61. The van der Waals surface area contributed by atoms with Crippen molar-refractivity contribution in [1.29, 1.82) is 0 Å². The molecule has 2 aromatic rings. The fourth-order valence-electron chi connectivity index (χ4n) is 3.65. The normalized spacial score (nSPS) is 18.9. The number of halogens is 1. The highest BCUT2D eigenvalue weighted by atomic mass is 19.1. The fraction of sp³-hybridized carbons (Fsp3) is 0.474. The molecular weight excluding hydrogens is 381 g/mol. The van der Waals surface area contributed by atoms with E-state index in [0.29, 0.717) is 44.8 Å². The van der Waals surface area contributed by atoms with Gasteiger partial charge in [0.05, 0.1) is 13.1 Å². The molecule has 1 saturated heterocycles. The van der Waals surface area contributed by atoms with Crippen molar-refractivity contribution in [3.63, 3.8) is 0 Å². The summed E-state index contributed by atoms with van der Waals surface area (Å²) >= 11 is 0. The second kappa shape index (κ2) is 8.06. The standard InChI is InChI=1S/C19H22FN5O4/c20-14-3-1-13(2-4-14)11-25-18(27)24-8-7-15(5-6-16(24)22-25)21-17(26)12-23-9-10-29-19(23)28/h1-4,15H,5-12H2,(H,21,26). The molecular formula is C19H22FN5O4. The van der Waals surface area contributed by atoms with Gasteiger partial charge in [0.1, 0.15) is 24.8 Å². The van der Waals surface area contributed by atoms with E-state index in [2.05, 4.69) is 10.4 Å². The van der Waals surface area contributed by atoms with Crippen molar-refractivity contribution in [3.05, 3.63) is 52.0 Å². The average molecular weight is 403 g/mol. The van der Waals surface area contributed by atoms with Crippen LogP contribution in [0, 0.1) is 5.82 Å². The Morgan fingerprint density at radius 2 is 2.00 bits per heavy atom. The first-order chi connectivity index (χ1) is 14.0. The summed E-state index contributed by atoms with van der Waals surface area (Å²) in [5, 5.41) is 7.36. The Morgan fingerprint density at radius 1 is 1.21 bits per heavy atom. The molecule has 0 saturated carbocycles. The van der Waals surface area contributed by atoms with Gasteiger partial charge in [0.15, 0.2) is 0 Å². The van der Waals surface area contributed by atoms with Crippen molar-refractivity contribution in [2.45, 2.75) is 38.4 Å². The molecule has 2 aliphatic rings. The smallest absolute Gasteiger partial charge is 0.410 e. The van der Waals surface area contributed by atoms with Crippen molar-refractivity contribution in [2.24, 2.45) is 0 Å². The Balaban J connectivity index is 1.36. The number of cyclic esters (lactones) is 1. The molecule has 4 rings (SSSR count). The van der Waals surface area contributed by atoms with Crippen molar-refractivity contribution in [1.82, 2.24) is 24.6 Å². The highest BCUT2D eigenvalue weighted by Crippen LogP contribution is 2.13. The van der Waals surface area contributed by atoms with Crippen LogP contribution < -0.4 is 11.0 Å². The molecule has 154 valence electrons. The first kappa shape index (κ1) is 19.2. The van der Waals surface area contributed by atoms with Crippen LogP contribution in [0.4, 0.5) is 9.18 Å². The number of carbonyl (C=O) groups excluding carboxylic acids is 2. The minimum Gasteiger partial charge on any atom is -0.448 e. The molecule has 10 heteroatoms. The van der Waals surface area contributed by atoms with Crippen LogP contribution in [-0.2, 0) is 29.0 Å². The van der Waals surface area contributed by atoms with Gasteiger partial charge in [-0.3, -0.25) is 14.3 Å². The summed E-state index contributed by atoms with van der Waals surface area (Å²) in [6, 6.07) is 5.89. The molecule has 0 spiro atoms. The molecule has 29 heavy (non-hydrogen) atoms. The molecule has 1 N–H and O–H groups in total. The summed E-state index contributed by atoms with van der Waals surface area (Å²) in [6.45, 7) is 1.44. The molecule has 2 aliphatic heterocycles. The third-order valence-electron chi connectivity index (χ3n) is 5.21. The number of fused-ring (bicyclic) bond motifs is 1. The Labute approximate surface area is 166 Å². The van der Waals surface area contributed by atoms with Crippen LogP contribution >= 0.6 is 0 Å². The number of aromatic nitrogens is 3. The second-order valence-electron chi connectivity index (χ2n) is 7.26. The Bertz CT molecular complexity index is 968. The van der Waals surface area contributed by atoms with Gasteiger partial charge in [-0.1, -0.05) is 12.1 Å². The number of aryl methyl sites for hydroxylation is 1. The van der Waals surface area contributed by atoms with E-state index in [9.17, 15) is 18.8 Å². The largest absolute Gasteiger partial charge is 0.448 e. The van der Waals surface area contributed by atoms with E-state index in [-0.39, 0.29) is 36.5 Å². The molecule has 9 nitrogen and oxygen atoms in total. The molecule has 3 heterocycles. The zero-order chi connectivity index (χ0) is 20.4. The van der Waals surface area contributed by atoms with Gasteiger partial charge in [0, 0.05) is 19.0 Å². The van der Waals surface area contributed by atoms with E-state index in [1.165, 1.54) is 21.7 Å². The number of benzene rings is 1. The number of rotatable bonds is 5. The number of hydrogen-bond acceptors (Lipinski definition) is 5. The zero-order valence-electron chi connectivity index (χ0n) is 15.8. The molecule has 0 aliphatic carbocycles. The molecule has 1 aromatic carbocycles. The summed E-state index contributed by atoms with van der Waals surface area (Å²) in [6.07, 6.45) is 1.35. The predicted molar refractivity (Wildman–Crippen MR) is 99.8 cm³/mol. The van der Waals surface area contributed by atoms with Crippen LogP contribution in [0.15, 0.2) is 29.1 Å². The number of hydrogen-bond donors (Lipinski definition) is 1. The topological polar surface area (TPSA) is 98.5 Å². The maximum Gasteiger partial charge on any atom is 0.410 e. The van der Waals surface area contributed by atoms with Gasteiger partial charge in [-0.2, -0.15) is 5.10 Å². The monoisotopic (exact) mass is 403 g/mol. The van der Waals surface area contributed by atoms with Crippen molar-refractivity contribution < 1.29 is 18.7 Å². The lowest BCUT2D eigenvalue weighted by molar-refractivity contribution is -0.122. The summed E-state index contributed by atoms with van der Waals surface area (Å²) < 4.78 is 20.9. The molecule has 1 fully saturated rings. The molecule has 2 amide bonds. The number of amides is 2. The molecule has 1 atom stereocenters. The number of nitrogens with one attached hydrogen (secondary N) is 1. The van der Waals surface area contributed by atoms with E-state index in [1.54, 1.807) is 16.7 Å². The van der Waals surface area contributed by atoms with Gasteiger partial charge in [-0.05, 0) is 30.5 Å². The van der Waals surface area contributed by atoms with Gasteiger partial charge >= 0.3 is 11.8 Å². The van der Waals surface area contributed by atoms with Crippen LogP contribution in [0.25, 0.3) is 0 Å². The number of ether oxygens (including phenoxy) is 1. The number of nitrogens with zero attached hydrogens (tertiary/aromatic N) is 4. The predicted octanol–water partition coefficient (Wildman–Crippen LogP) is 0.505. The summed E-state index contributed by atoms with van der Waals surface area (Å²) in [5.41, 5.74) is 0.587. The lowest BCUT2D eigenvalue weighted by Crippen LogP contribution is -2.42. The van der Waals surface area contributed by atoms with Gasteiger partial charge in [-0.15, -0.1) is 0 Å². The van der Waals surface area contributed by atoms with Crippen molar-refractivity contribution in [3.8, 4) is 0 Å². The minimum absolute atomic E-state index is 0.0234. The lowest BCUT2D eigenvalue weighted by atomic mass is 10.1. The highest BCUT2D eigenvalue weighted by Gasteiger charge is 2.26. The SMILES string of the molecule is O=C(CN1CCOC1=O)NC1CCc2nn(Cc3ccc(F)cc3)c(=O)n2CC1. The van der Waals surface area contributed by atoms with Crippen LogP contribution in [0.2, 0.25) is 0 Å². The first-order valence-electron chi connectivity index (χ1n) is 9.61. The van der Waals surface area contributed by atoms with Crippen LogP contribution in [-0.4, -0.2) is 57.0 Å². The van der Waals surface area contributed by atoms with E-state index in [4.69, 9.17) is 4.74 Å². The maximum atomic E-state index is 13.1. The highest BCUT2D eigenvalue weighted by molar-refractivity contribution is 5.82. The van der Waals surface area contributed by atoms with E-state index >= 15 is 0 Å². The van der Waals surface area contributed by atoms with Crippen LogP contribution in [0.3, 0.4) is 0 Å². The Kier molecular flexibility index (Phi) is 5.32. The number of carbonyl (C=O) groups is 2. The third-order valence-corrected chi connectivity index (χ3v) is 5.21. The van der Waals surface area contributed by atoms with Gasteiger partial charge in [0.2, 0.25) is 5.91 Å². The summed E-state index contributed by atoms with van der Waals surface area (Å²) in [4.78, 5) is 37.7. The van der Waals surface area contributed by atoms with Gasteiger partial charge in [0.25, 0.3) is 0 Å². The van der Waals surface area contributed by atoms with E-state index in [1.807, 2.05) is 0 Å². The average Bonchev–Trinajstić information content (AvgIpc) is 3.15. The Morgan fingerprint density at radius 3 is 2.72 bits per heavy atom. The van der Waals surface area contributed by atoms with E-state index in [0.717, 1.165) is 5.56 Å². The summed E-state index contributed by atoms with van der Waals surface area (Å²) in [5.74, 6) is 0.121. The van der Waals surface area contributed by atoms with Gasteiger partial charge < -0.3 is 10.1 Å². The van der Waals surface area contributed by atoms with Crippen LogP contribution in [0.1, 0.15) is 24.2 Å². The zero-order valence-corrected chi connectivity index (χ0v) is 15.8. The van der Waals surface area contributed by atoms with Crippen molar-refractivity contribution >= 4 is 12.0 Å². The minimum atomic E-state index is -0.470.